The SMILES string of the molecule is CCCCCCCCCCCCCCCCCOCC(CC(N)COP(=O)(O)O)OC(C)=O. The molecule has 0 heterocycles. The molecule has 9 heteroatoms. The smallest absolute Gasteiger partial charge is 0.460 e. The molecule has 0 bridgehead atoms. The van der Waals surface area contributed by atoms with Gasteiger partial charge in [0.2, 0.25) is 0 Å². The first-order valence-corrected chi connectivity index (χ1v) is 14.5. The van der Waals surface area contributed by atoms with Crippen LogP contribution in [0.5, 0.6) is 0 Å². The summed E-state index contributed by atoms with van der Waals surface area (Å²) >= 11 is 0. The fraction of sp³-hybridized carbons (Fsp3) is 0.958. The Morgan fingerprint density at radius 3 is 1.70 bits per heavy atom. The van der Waals surface area contributed by atoms with Crippen LogP contribution in [0.15, 0.2) is 0 Å². The van der Waals surface area contributed by atoms with Crippen LogP contribution in [0.2, 0.25) is 0 Å². The van der Waals surface area contributed by atoms with Crippen LogP contribution in [-0.2, 0) is 23.4 Å². The van der Waals surface area contributed by atoms with E-state index in [1.165, 1.54) is 90.4 Å². The Labute approximate surface area is 201 Å². The van der Waals surface area contributed by atoms with Crippen LogP contribution in [-0.4, -0.2) is 47.7 Å². The van der Waals surface area contributed by atoms with Crippen LogP contribution in [0.1, 0.15) is 117 Å². The lowest BCUT2D eigenvalue weighted by molar-refractivity contribution is -0.150. The minimum Gasteiger partial charge on any atom is -0.460 e. The van der Waals surface area contributed by atoms with Gasteiger partial charge in [0, 0.05) is 26.0 Å². The highest BCUT2D eigenvalue weighted by Crippen LogP contribution is 2.35. The second-order valence-corrected chi connectivity index (χ2v) is 10.3. The Hall–Kier alpha value is -0.500. The summed E-state index contributed by atoms with van der Waals surface area (Å²) in [7, 11) is -4.57. The summed E-state index contributed by atoms with van der Waals surface area (Å²) < 4.78 is 26.0. The van der Waals surface area contributed by atoms with Crippen molar-refractivity contribution in [2.24, 2.45) is 5.73 Å². The Kier molecular flexibility index (Phi) is 21.7. The number of carbonyl (C=O) groups excluding carboxylic acids is 1. The standard InChI is InChI=1S/C24H50NO7P/c1-3-4-5-6-7-8-9-10-11-12-13-14-15-16-17-18-30-21-24(32-22(2)26)19-23(25)20-31-33(27,28)29/h23-24H,3-21,25H2,1-2H3,(H2,27,28,29). The second kappa shape index (κ2) is 22.0. The molecule has 33 heavy (non-hydrogen) atoms. The van der Waals surface area contributed by atoms with Gasteiger partial charge in [-0.2, -0.15) is 0 Å². The Morgan fingerprint density at radius 2 is 1.27 bits per heavy atom. The molecule has 0 fully saturated rings. The van der Waals surface area contributed by atoms with E-state index in [1.807, 2.05) is 0 Å². The van der Waals surface area contributed by atoms with E-state index >= 15 is 0 Å². The fourth-order valence-electron chi connectivity index (χ4n) is 3.77. The average Bonchev–Trinajstić information content (AvgIpc) is 2.73. The van der Waals surface area contributed by atoms with Gasteiger partial charge in [0.25, 0.3) is 0 Å². The van der Waals surface area contributed by atoms with Gasteiger partial charge >= 0.3 is 13.8 Å². The molecule has 0 aliphatic rings. The summed E-state index contributed by atoms with van der Waals surface area (Å²) in [6.07, 6.45) is 19.3. The van der Waals surface area contributed by atoms with Crippen molar-refractivity contribution in [3.63, 3.8) is 0 Å². The maximum absolute atomic E-state index is 11.3. The van der Waals surface area contributed by atoms with Crippen molar-refractivity contribution in [1.29, 1.82) is 0 Å². The van der Waals surface area contributed by atoms with Crippen molar-refractivity contribution in [2.45, 2.75) is 129 Å². The second-order valence-electron chi connectivity index (χ2n) is 9.04. The number of carbonyl (C=O) groups is 1. The molecular formula is C24H50NO7P. The number of esters is 1. The number of rotatable bonds is 24. The number of phosphoric acid groups is 1. The van der Waals surface area contributed by atoms with Crippen molar-refractivity contribution >= 4 is 13.8 Å². The molecule has 0 amide bonds. The molecule has 0 aliphatic carbocycles. The van der Waals surface area contributed by atoms with Crippen molar-refractivity contribution in [2.75, 3.05) is 19.8 Å². The molecule has 2 unspecified atom stereocenters. The Balaban J connectivity index is 3.60. The van der Waals surface area contributed by atoms with Crippen LogP contribution in [0.3, 0.4) is 0 Å². The van der Waals surface area contributed by atoms with Gasteiger partial charge in [-0.15, -0.1) is 0 Å². The van der Waals surface area contributed by atoms with Crippen molar-refractivity contribution in [1.82, 2.24) is 0 Å². The van der Waals surface area contributed by atoms with Gasteiger partial charge in [-0.1, -0.05) is 96.8 Å². The summed E-state index contributed by atoms with van der Waals surface area (Å²) in [6.45, 7) is 4.04. The Morgan fingerprint density at radius 1 is 0.818 bits per heavy atom. The lowest BCUT2D eigenvalue weighted by Crippen LogP contribution is -2.34. The number of unbranched alkanes of at least 4 members (excludes halogenated alkanes) is 14. The summed E-state index contributed by atoms with van der Waals surface area (Å²) in [4.78, 5) is 28.7. The van der Waals surface area contributed by atoms with Crippen LogP contribution < -0.4 is 5.73 Å². The lowest BCUT2D eigenvalue weighted by atomic mass is 10.0. The zero-order valence-corrected chi connectivity index (χ0v) is 21.9. The van der Waals surface area contributed by atoms with Crippen LogP contribution in [0, 0.1) is 0 Å². The predicted molar refractivity (Wildman–Crippen MR) is 132 cm³/mol. The largest absolute Gasteiger partial charge is 0.469 e. The Bertz CT molecular complexity index is 501. The molecule has 198 valence electrons. The van der Waals surface area contributed by atoms with Crippen molar-refractivity contribution < 1.29 is 33.1 Å². The first kappa shape index (κ1) is 32.5. The normalized spacial score (nSPS) is 13.7. The zero-order valence-electron chi connectivity index (χ0n) is 21.0. The van der Waals surface area contributed by atoms with Gasteiger partial charge in [0.05, 0.1) is 13.2 Å². The van der Waals surface area contributed by atoms with E-state index in [4.69, 9.17) is 25.0 Å². The van der Waals surface area contributed by atoms with Crippen LogP contribution >= 0.6 is 7.82 Å². The van der Waals surface area contributed by atoms with E-state index in [0.29, 0.717) is 6.61 Å². The van der Waals surface area contributed by atoms with Gasteiger partial charge in [-0.3, -0.25) is 9.32 Å². The van der Waals surface area contributed by atoms with Gasteiger partial charge in [0.15, 0.2) is 0 Å². The zero-order chi connectivity index (χ0) is 24.8. The quantitative estimate of drug-likeness (QED) is 0.0892. The average molecular weight is 496 g/mol. The monoisotopic (exact) mass is 495 g/mol. The summed E-state index contributed by atoms with van der Waals surface area (Å²) in [5.74, 6) is -0.446. The maximum Gasteiger partial charge on any atom is 0.469 e. The number of phosphoric ester groups is 1. The topological polar surface area (TPSA) is 128 Å². The molecule has 0 aromatic heterocycles. The third kappa shape index (κ3) is 26.0. The van der Waals surface area contributed by atoms with E-state index in [9.17, 15) is 9.36 Å². The number of hydrogen-bond acceptors (Lipinski definition) is 6. The van der Waals surface area contributed by atoms with E-state index in [2.05, 4.69) is 11.4 Å². The molecule has 0 saturated carbocycles. The van der Waals surface area contributed by atoms with Gasteiger partial charge in [-0.05, 0) is 6.42 Å². The van der Waals surface area contributed by atoms with E-state index in [1.54, 1.807) is 0 Å². The molecule has 2 atom stereocenters. The number of nitrogens with two attached hydrogens (primary N) is 1. The molecule has 0 aromatic carbocycles. The first-order valence-electron chi connectivity index (χ1n) is 12.9. The fourth-order valence-corrected chi connectivity index (χ4v) is 4.16. The van der Waals surface area contributed by atoms with Gasteiger partial charge in [0.1, 0.15) is 6.10 Å². The maximum atomic E-state index is 11.3. The third-order valence-electron chi connectivity index (χ3n) is 5.55. The van der Waals surface area contributed by atoms with E-state index in [0.717, 1.165) is 12.8 Å². The molecule has 0 aromatic rings. The molecule has 0 radical (unpaired) electrons. The highest BCUT2D eigenvalue weighted by atomic mass is 31.2. The molecule has 4 N–H and O–H groups in total. The van der Waals surface area contributed by atoms with Gasteiger partial charge in [-0.25, -0.2) is 4.57 Å². The van der Waals surface area contributed by atoms with Crippen LogP contribution in [0.4, 0.5) is 0 Å². The number of hydrogen-bond donors (Lipinski definition) is 3. The van der Waals surface area contributed by atoms with Crippen molar-refractivity contribution in [3.05, 3.63) is 0 Å². The highest BCUT2D eigenvalue weighted by molar-refractivity contribution is 7.46. The molecular weight excluding hydrogens is 445 g/mol. The van der Waals surface area contributed by atoms with Crippen LogP contribution in [0.25, 0.3) is 0 Å². The lowest BCUT2D eigenvalue weighted by Gasteiger charge is -2.21. The first-order chi connectivity index (χ1) is 15.7. The third-order valence-corrected chi connectivity index (χ3v) is 6.04. The number of ether oxygens (including phenoxy) is 2. The highest BCUT2D eigenvalue weighted by Gasteiger charge is 2.21. The molecule has 0 spiro atoms. The minimum absolute atomic E-state index is 0.207. The van der Waals surface area contributed by atoms with Gasteiger partial charge < -0.3 is 25.0 Å². The molecule has 0 rings (SSSR count). The van der Waals surface area contributed by atoms with E-state index < -0.39 is 25.9 Å². The summed E-state index contributed by atoms with van der Waals surface area (Å²) in [5.41, 5.74) is 5.81. The summed E-state index contributed by atoms with van der Waals surface area (Å²) in [6, 6.07) is -0.670. The predicted octanol–water partition coefficient (Wildman–Crippen LogP) is 5.63. The van der Waals surface area contributed by atoms with Crippen molar-refractivity contribution in [3.8, 4) is 0 Å². The molecule has 0 saturated heterocycles. The van der Waals surface area contributed by atoms with E-state index in [-0.39, 0.29) is 19.6 Å². The molecule has 8 nitrogen and oxygen atoms in total. The summed E-state index contributed by atoms with van der Waals surface area (Å²) in [5, 5.41) is 0. The minimum atomic E-state index is -4.57. The molecule has 0 aliphatic heterocycles.